The molecule has 0 aliphatic heterocycles. The average Bonchev–Trinajstić information content (AvgIpc) is 2.47. The normalized spacial score (nSPS) is 17.6. The van der Waals surface area contributed by atoms with Gasteiger partial charge in [-0.2, -0.15) is 0 Å². The molecule has 2 aromatic carbocycles. The average molecular weight is 273 g/mol. The lowest BCUT2D eigenvalue weighted by molar-refractivity contribution is 0.560. The number of fused-ring (bicyclic) bond motifs is 1. The molecule has 1 aliphatic carbocycles. The molecular weight excluding hydrogens is 256 g/mol. The van der Waals surface area contributed by atoms with E-state index in [1.807, 2.05) is 12.1 Å². The van der Waals surface area contributed by atoms with Crippen molar-refractivity contribution in [2.75, 3.05) is 5.32 Å². The standard InChI is InChI=1S/C17H17F2N/c1-11-6-9-15(18)17(16(11)19)20-14-8-7-12-4-2-3-5-13(12)10-14/h2-6,9,14,20H,7-8,10H2,1H3. The highest BCUT2D eigenvalue weighted by Crippen LogP contribution is 2.27. The van der Waals surface area contributed by atoms with Crippen LogP contribution in [-0.2, 0) is 12.8 Å². The maximum absolute atomic E-state index is 14.0. The second-order valence-electron chi connectivity index (χ2n) is 5.41. The van der Waals surface area contributed by atoms with E-state index in [0.29, 0.717) is 5.56 Å². The molecule has 1 aliphatic rings. The molecule has 1 unspecified atom stereocenters. The minimum atomic E-state index is -0.521. The van der Waals surface area contributed by atoms with Crippen LogP contribution in [0, 0.1) is 18.6 Å². The van der Waals surface area contributed by atoms with Crippen molar-refractivity contribution in [3.63, 3.8) is 0 Å². The number of rotatable bonds is 2. The fourth-order valence-corrected chi connectivity index (χ4v) is 2.81. The van der Waals surface area contributed by atoms with Crippen molar-refractivity contribution in [2.45, 2.75) is 32.2 Å². The summed E-state index contributed by atoms with van der Waals surface area (Å²) >= 11 is 0. The molecular formula is C17H17F2N. The fraction of sp³-hybridized carbons (Fsp3) is 0.294. The predicted molar refractivity (Wildman–Crippen MR) is 77.0 cm³/mol. The van der Waals surface area contributed by atoms with Crippen molar-refractivity contribution in [3.05, 3.63) is 64.7 Å². The quantitative estimate of drug-likeness (QED) is 0.863. The lowest BCUT2D eigenvalue weighted by Crippen LogP contribution is -2.28. The maximum atomic E-state index is 14.0. The summed E-state index contributed by atoms with van der Waals surface area (Å²) in [6, 6.07) is 11.1. The van der Waals surface area contributed by atoms with Gasteiger partial charge in [0.2, 0.25) is 0 Å². The van der Waals surface area contributed by atoms with E-state index in [2.05, 4.69) is 17.4 Å². The Morgan fingerprint density at radius 1 is 1.05 bits per heavy atom. The molecule has 0 heterocycles. The van der Waals surface area contributed by atoms with E-state index in [0.717, 1.165) is 19.3 Å². The monoisotopic (exact) mass is 273 g/mol. The van der Waals surface area contributed by atoms with Crippen LogP contribution >= 0.6 is 0 Å². The first-order valence-electron chi connectivity index (χ1n) is 6.93. The minimum Gasteiger partial charge on any atom is -0.377 e. The molecule has 0 saturated heterocycles. The van der Waals surface area contributed by atoms with Crippen LogP contribution in [0.3, 0.4) is 0 Å². The van der Waals surface area contributed by atoms with Gasteiger partial charge < -0.3 is 5.32 Å². The molecule has 0 bridgehead atoms. The highest BCUT2D eigenvalue weighted by atomic mass is 19.1. The molecule has 0 fully saturated rings. The summed E-state index contributed by atoms with van der Waals surface area (Å²) in [4.78, 5) is 0. The lowest BCUT2D eigenvalue weighted by Gasteiger charge is -2.26. The van der Waals surface area contributed by atoms with Gasteiger partial charge in [-0.1, -0.05) is 30.3 Å². The van der Waals surface area contributed by atoms with Gasteiger partial charge in [0.15, 0.2) is 5.82 Å². The largest absolute Gasteiger partial charge is 0.377 e. The Kier molecular flexibility index (Phi) is 3.43. The Bertz CT molecular complexity index is 637. The highest BCUT2D eigenvalue weighted by Gasteiger charge is 2.21. The third-order valence-corrected chi connectivity index (χ3v) is 3.98. The van der Waals surface area contributed by atoms with E-state index >= 15 is 0 Å². The predicted octanol–water partition coefficient (Wildman–Crippen LogP) is 4.24. The Balaban J connectivity index is 1.82. The zero-order valence-electron chi connectivity index (χ0n) is 11.4. The van der Waals surface area contributed by atoms with Crippen molar-refractivity contribution in [3.8, 4) is 0 Å². The lowest BCUT2D eigenvalue weighted by atomic mass is 9.88. The number of benzene rings is 2. The summed E-state index contributed by atoms with van der Waals surface area (Å²) < 4.78 is 27.8. The molecule has 0 saturated carbocycles. The van der Waals surface area contributed by atoms with Gasteiger partial charge in [-0.05, 0) is 48.9 Å². The van der Waals surface area contributed by atoms with Gasteiger partial charge in [0.05, 0.1) is 0 Å². The van der Waals surface area contributed by atoms with Crippen molar-refractivity contribution < 1.29 is 8.78 Å². The maximum Gasteiger partial charge on any atom is 0.152 e. The van der Waals surface area contributed by atoms with Crippen LogP contribution in [0.2, 0.25) is 0 Å². The first-order chi connectivity index (χ1) is 9.65. The third kappa shape index (κ3) is 2.40. The van der Waals surface area contributed by atoms with Crippen LogP contribution in [0.4, 0.5) is 14.5 Å². The molecule has 1 N–H and O–H groups in total. The molecule has 0 aromatic heterocycles. The molecule has 1 nitrogen and oxygen atoms in total. The summed E-state index contributed by atoms with van der Waals surface area (Å²) in [5, 5.41) is 3.05. The summed E-state index contributed by atoms with van der Waals surface area (Å²) in [6.07, 6.45) is 2.65. The Morgan fingerprint density at radius 2 is 1.80 bits per heavy atom. The van der Waals surface area contributed by atoms with Gasteiger partial charge in [0.25, 0.3) is 0 Å². The van der Waals surface area contributed by atoms with Crippen LogP contribution in [0.15, 0.2) is 36.4 Å². The van der Waals surface area contributed by atoms with Gasteiger partial charge >= 0.3 is 0 Å². The van der Waals surface area contributed by atoms with Crippen molar-refractivity contribution >= 4 is 5.69 Å². The second-order valence-corrected chi connectivity index (χ2v) is 5.41. The third-order valence-electron chi connectivity index (χ3n) is 3.98. The van der Waals surface area contributed by atoms with Crippen molar-refractivity contribution in [1.82, 2.24) is 0 Å². The van der Waals surface area contributed by atoms with Gasteiger partial charge in [-0.15, -0.1) is 0 Å². The molecule has 1 atom stereocenters. The molecule has 3 heteroatoms. The van der Waals surface area contributed by atoms with Gasteiger partial charge in [0.1, 0.15) is 11.5 Å². The van der Waals surface area contributed by atoms with E-state index in [9.17, 15) is 8.78 Å². The van der Waals surface area contributed by atoms with E-state index in [1.165, 1.54) is 23.3 Å². The molecule has 104 valence electrons. The summed E-state index contributed by atoms with van der Waals surface area (Å²) in [5.41, 5.74) is 3.08. The number of anilines is 1. The van der Waals surface area contributed by atoms with Crippen LogP contribution < -0.4 is 5.32 Å². The van der Waals surface area contributed by atoms with E-state index in [-0.39, 0.29) is 11.7 Å². The molecule has 0 amide bonds. The number of nitrogens with one attached hydrogen (secondary N) is 1. The van der Waals surface area contributed by atoms with E-state index < -0.39 is 11.6 Å². The topological polar surface area (TPSA) is 12.0 Å². The first-order valence-corrected chi connectivity index (χ1v) is 6.93. The number of aryl methyl sites for hydroxylation is 2. The molecule has 0 radical (unpaired) electrons. The Labute approximate surface area is 117 Å². The highest BCUT2D eigenvalue weighted by molar-refractivity contribution is 5.50. The molecule has 3 rings (SSSR count). The zero-order chi connectivity index (χ0) is 14.1. The Hall–Kier alpha value is -1.90. The summed E-state index contributed by atoms with van der Waals surface area (Å²) in [5.74, 6) is -1.00. The first kappa shape index (κ1) is 13.1. The number of hydrogen-bond acceptors (Lipinski definition) is 1. The van der Waals surface area contributed by atoms with Crippen molar-refractivity contribution in [2.24, 2.45) is 0 Å². The van der Waals surface area contributed by atoms with Crippen LogP contribution in [0.25, 0.3) is 0 Å². The summed E-state index contributed by atoms with van der Waals surface area (Å²) in [7, 11) is 0. The van der Waals surface area contributed by atoms with Crippen molar-refractivity contribution in [1.29, 1.82) is 0 Å². The Morgan fingerprint density at radius 3 is 2.60 bits per heavy atom. The summed E-state index contributed by atoms with van der Waals surface area (Å²) in [6.45, 7) is 1.65. The molecule has 0 spiro atoms. The van der Waals surface area contributed by atoms with Crippen LogP contribution in [0.5, 0.6) is 0 Å². The van der Waals surface area contributed by atoms with Gasteiger partial charge in [0, 0.05) is 6.04 Å². The van der Waals surface area contributed by atoms with E-state index in [4.69, 9.17) is 0 Å². The second kappa shape index (κ2) is 5.23. The van der Waals surface area contributed by atoms with Gasteiger partial charge in [-0.25, -0.2) is 8.78 Å². The van der Waals surface area contributed by atoms with Gasteiger partial charge in [-0.3, -0.25) is 0 Å². The minimum absolute atomic E-state index is 0.00869. The number of halogens is 2. The van der Waals surface area contributed by atoms with Crippen LogP contribution in [-0.4, -0.2) is 6.04 Å². The van der Waals surface area contributed by atoms with Crippen LogP contribution in [0.1, 0.15) is 23.1 Å². The SMILES string of the molecule is Cc1ccc(F)c(NC2CCc3ccccc3C2)c1F. The zero-order valence-corrected chi connectivity index (χ0v) is 11.4. The molecule has 20 heavy (non-hydrogen) atoms. The van der Waals surface area contributed by atoms with E-state index in [1.54, 1.807) is 6.92 Å². The molecule has 2 aromatic rings. The smallest absolute Gasteiger partial charge is 0.152 e. The number of hydrogen-bond donors (Lipinski definition) is 1. The fourth-order valence-electron chi connectivity index (χ4n) is 2.81.